The summed E-state index contributed by atoms with van der Waals surface area (Å²) in [6.07, 6.45) is 1.89. The smallest absolute Gasteiger partial charge is 0.241 e. The molecule has 3 atom stereocenters. The number of likely N-dealkylation sites (tertiary alicyclic amines) is 2. The van der Waals surface area contributed by atoms with Crippen LogP contribution in [-0.4, -0.2) is 79.6 Å². The van der Waals surface area contributed by atoms with Gasteiger partial charge in [0.15, 0.2) is 0 Å². The number of amides is 1. The number of anilines is 1. The molecule has 0 aromatic heterocycles. The normalized spacial score (nSPS) is 24.9. The van der Waals surface area contributed by atoms with Crippen LogP contribution in [0.4, 0.5) is 5.69 Å². The second-order valence-corrected chi connectivity index (χ2v) is 10.0. The van der Waals surface area contributed by atoms with Gasteiger partial charge in [0.2, 0.25) is 15.9 Å². The molecule has 2 aliphatic heterocycles. The summed E-state index contributed by atoms with van der Waals surface area (Å²) < 4.78 is 26.9. The summed E-state index contributed by atoms with van der Waals surface area (Å²) in [4.78, 5) is 17.2. The summed E-state index contributed by atoms with van der Waals surface area (Å²) in [5.41, 5.74) is 0.543. The van der Waals surface area contributed by atoms with Crippen molar-refractivity contribution in [2.24, 2.45) is 0 Å². The van der Waals surface area contributed by atoms with E-state index in [4.69, 9.17) is 0 Å². The Morgan fingerprint density at radius 2 is 1.72 bits per heavy atom. The van der Waals surface area contributed by atoms with Crippen LogP contribution < -0.4 is 10.0 Å². The first-order valence-electron chi connectivity index (χ1n) is 10.3. The van der Waals surface area contributed by atoms with Crippen molar-refractivity contribution in [3.8, 4) is 0 Å². The van der Waals surface area contributed by atoms with Crippen LogP contribution in [0, 0.1) is 0 Å². The molecule has 2 fully saturated rings. The van der Waals surface area contributed by atoms with E-state index in [0.717, 1.165) is 25.9 Å². The van der Waals surface area contributed by atoms with Crippen LogP contribution in [0.25, 0.3) is 0 Å². The zero-order valence-corrected chi connectivity index (χ0v) is 18.2. The van der Waals surface area contributed by atoms with E-state index in [-0.39, 0.29) is 28.9 Å². The predicted octanol–water partition coefficient (Wildman–Crippen LogP) is 0.841. The Hall–Kier alpha value is -1.52. The lowest BCUT2D eigenvalue weighted by atomic mass is 10.2. The van der Waals surface area contributed by atoms with Crippen LogP contribution in [0.5, 0.6) is 0 Å². The van der Waals surface area contributed by atoms with Crippen molar-refractivity contribution >= 4 is 21.6 Å². The first-order chi connectivity index (χ1) is 13.7. The average molecular weight is 425 g/mol. The molecule has 2 aliphatic rings. The fourth-order valence-electron chi connectivity index (χ4n) is 4.06. The van der Waals surface area contributed by atoms with Crippen molar-refractivity contribution in [1.82, 2.24) is 14.5 Å². The highest BCUT2D eigenvalue weighted by molar-refractivity contribution is 7.89. The molecule has 2 heterocycles. The molecule has 9 heteroatoms. The van der Waals surface area contributed by atoms with E-state index in [0.29, 0.717) is 18.8 Å². The van der Waals surface area contributed by atoms with Gasteiger partial charge in [-0.05, 0) is 71.0 Å². The highest BCUT2D eigenvalue weighted by Crippen LogP contribution is 2.23. The minimum absolute atomic E-state index is 0.0886. The Labute approximate surface area is 173 Å². The van der Waals surface area contributed by atoms with Gasteiger partial charge in [-0.1, -0.05) is 0 Å². The van der Waals surface area contributed by atoms with Gasteiger partial charge in [0.25, 0.3) is 0 Å². The zero-order chi connectivity index (χ0) is 21.2. The molecule has 1 amide bonds. The lowest BCUT2D eigenvalue weighted by Gasteiger charge is -2.27. The van der Waals surface area contributed by atoms with Crippen LogP contribution in [0.2, 0.25) is 0 Å². The Bertz CT molecular complexity index is 806. The summed E-state index contributed by atoms with van der Waals surface area (Å²) >= 11 is 0. The quantitative estimate of drug-likeness (QED) is 0.600. The van der Waals surface area contributed by atoms with Crippen LogP contribution >= 0.6 is 0 Å². The van der Waals surface area contributed by atoms with Crippen molar-refractivity contribution < 1.29 is 18.3 Å². The Balaban J connectivity index is 1.58. The molecular formula is C20H32N4O4S. The maximum absolute atomic E-state index is 12.7. The number of nitrogens with one attached hydrogen (secondary N) is 2. The molecule has 0 spiro atoms. The number of hydrogen-bond acceptors (Lipinski definition) is 6. The Morgan fingerprint density at radius 3 is 2.31 bits per heavy atom. The average Bonchev–Trinajstić information content (AvgIpc) is 3.29. The maximum Gasteiger partial charge on any atom is 0.241 e. The van der Waals surface area contributed by atoms with Gasteiger partial charge in [-0.3, -0.25) is 14.6 Å². The number of hydrogen-bond donors (Lipinski definition) is 3. The molecule has 0 aliphatic carbocycles. The van der Waals surface area contributed by atoms with Crippen molar-refractivity contribution in [2.45, 2.75) is 62.7 Å². The standard InChI is InChI=1S/C20H32N4O4S/c1-14(2)22-29(27,28)17-8-6-16(7-9-17)21-20(26)15(3)24-12-18(19(25)13-24)23-10-4-5-11-23/h6-9,14-15,18-19,22,25H,4-5,10-13H2,1-3H3,(H,21,26). The first kappa shape index (κ1) is 22.2. The Morgan fingerprint density at radius 1 is 1.10 bits per heavy atom. The van der Waals surface area contributed by atoms with Crippen LogP contribution in [0.1, 0.15) is 33.6 Å². The number of β-amino-alcohol motifs (C(OH)–C–C–N with tert-alkyl or cyclic N) is 1. The molecule has 2 saturated heterocycles. The molecule has 3 rings (SSSR count). The highest BCUT2D eigenvalue weighted by atomic mass is 32.2. The third-order valence-electron chi connectivity index (χ3n) is 5.65. The van der Waals surface area contributed by atoms with Crippen LogP contribution in [0.15, 0.2) is 29.2 Å². The van der Waals surface area contributed by atoms with Gasteiger partial charge >= 0.3 is 0 Å². The molecular weight excluding hydrogens is 392 g/mol. The van der Waals surface area contributed by atoms with Gasteiger partial charge in [-0.25, -0.2) is 13.1 Å². The number of aliphatic hydroxyl groups excluding tert-OH is 1. The number of carbonyl (C=O) groups excluding carboxylic acids is 1. The van der Waals surface area contributed by atoms with Gasteiger partial charge < -0.3 is 10.4 Å². The molecule has 0 radical (unpaired) electrons. The highest BCUT2D eigenvalue weighted by Gasteiger charge is 2.39. The number of benzene rings is 1. The van der Waals surface area contributed by atoms with E-state index in [1.807, 2.05) is 11.8 Å². The van der Waals surface area contributed by atoms with Gasteiger partial charge in [0, 0.05) is 30.9 Å². The molecule has 0 bridgehead atoms. The van der Waals surface area contributed by atoms with Crippen molar-refractivity contribution in [2.75, 3.05) is 31.5 Å². The summed E-state index contributed by atoms with van der Waals surface area (Å²) in [6, 6.07) is 5.65. The van der Waals surface area contributed by atoms with E-state index in [2.05, 4.69) is 14.9 Å². The number of sulfonamides is 1. The summed E-state index contributed by atoms with van der Waals surface area (Å²) in [7, 11) is -3.56. The molecule has 1 aromatic carbocycles. The third kappa shape index (κ3) is 5.35. The SMILES string of the molecule is CC(C)NS(=O)(=O)c1ccc(NC(=O)C(C)N2CC(O)C(N3CCCC3)C2)cc1. The minimum atomic E-state index is -3.56. The van der Waals surface area contributed by atoms with Crippen LogP contribution in [-0.2, 0) is 14.8 Å². The van der Waals surface area contributed by atoms with Crippen molar-refractivity contribution in [1.29, 1.82) is 0 Å². The molecule has 162 valence electrons. The molecule has 3 N–H and O–H groups in total. The number of nitrogens with zero attached hydrogens (tertiary/aromatic N) is 2. The molecule has 0 saturated carbocycles. The second kappa shape index (κ2) is 9.09. The number of aliphatic hydroxyl groups is 1. The zero-order valence-electron chi connectivity index (χ0n) is 17.3. The summed E-state index contributed by atoms with van der Waals surface area (Å²) in [5, 5.41) is 13.3. The monoisotopic (exact) mass is 424 g/mol. The number of rotatable bonds is 7. The maximum atomic E-state index is 12.7. The summed E-state index contributed by atoms with van der Waals surface area (Å²) in [5.74, 6) is -0.171. The second-order valence-electron chi connectivity index (χ2n) is 8.30. The lowest BCUT2D eigenvalue weighted by Crippen LogP contribution is -2.43. The van der Waals surface area contributed by atoms with Crippen molar-refractivity contribution in [3.05, 3.63) is 24.3 Å². The van der Waals surface area contributed by atoms with E-state index >= 15 is 0 Å². The van der Waals surface area contributed by atoms with E-state index in [9.17, 15) is 18.3 Å². The largest absolute Gasteiger partial charge is 0.390 e. The number of carbonyl (C=O) groups is 1. The van der Waals surface area contributed by atoms with E-state index in [1.54, 1.807) is 26.0 Å². The van der Waals surface area contributed by atoms with E-state index in [1.165, 1.54) is 12.1 Å². The first-order valence-corrected chi connectivity index (χ1v) is 11.7. The predicted molar refractivity (Wildman–Crippen MR) is 112 cm³/mol. The van der Waals surface area contributed by atoms with Gasteiger partial charge in [-0.15, -0.1) is 0 Å². The Kier molecular flexibility index (Phi) is 6.95. The van der Waals surface area contributed by atoms with Gasteiger partial charge in [0.1, 0.15) is 0 Å². The van der Waals surface area contributed by atoms with Crippen LogP contribution in [0.3, 0.4) is 0 Å². The van der Waals surface area contributed by atoms with Gasteiger partial charge in [0.05, 0.1) is 17.0 Å². The molecule has 8 nitrogen and oxygen atoms in total. The lowest BCUT2D eigenvalue weighted by molar-refractivity contribution is -0.120. The summed E-state index contributed by atoms with van der Waals surface area (Å²) in [6.45, 7) is 8.53. The fraction of sp³-hybridized carbons (Fsp3) is 0.650. The third-order valence-corrected chi connectivity index (χ3v) is 7.32. The minimum Gasteiger partial charge on any atom is -0.390 e. The molecule has 29 heavy (non-hydrogen) atoms. The van der Waals surface area contributed by atoms with E-state index < -0.39 is 16.1 Å². The topological polar surface area (TPSA) is 102 Å². The molecule has 1 aromatic rings. The molecule has 3 unspecified atom stereocenters. The fourth-order valence-corrected chi connectivity index (χ4v) is 5.31. The van der Waals surface area contributed by atoms with Crippen molar-refractivity contribution in [3.63, 3.8) is 0 Å². The van der Waals surface area contributed by atoms with Gasteiger partial charge in [-0.2, -0.15) is 0 Å².